The Morgan fingerprint density at radius 1 is 1.03 bits per heavy atom. The van der Waals surface area contributed by atoms with E-state index in [1.54, 1.807) is 11.1 Å². The first-order chi connectivity index (χ1) is 14.2. The number of ether oxygens (including phenoxy) is 1. The lowest BCUT2D eigenvalue weighted by molar-refractivity contribution is -0.862. The van der Waals surface area contributed by atoms with Crippen molar-refractivity contribution in [1.82, 2.24) is 0 Å². The average molecular weight is 429 g/mol. The van der Waals surface area contributed by atoms with Crippen molar-refractivity contribution in [2.45, 2.75) is 85.7 Å². The molecule has 3 unspecified atom stereocenters. The Kier molecular flexibility index (Phi) is 5.56. The van der Waals surface area contributed by atoms with E-state index in [9.17, 15) is 4.79 Å². The predicted molar refractivity (Wildman–Crippen MR) is 127 cm³/mol. The standard InChI is InChI=1S/C28H46NO2/c1-26(2,3)24-12-11-22-21-10-9-19-17-20(31-25(30)18-29(6,7)8)13-15-27(19,4)23(21)14-16-28(22,24)5/h9,12,20-23H,10-11,13-18H2,1-8H3/q+1/t20-,21?,22?,23?,27-,28-/m0/s1. The zero-order valence-electron chi connectivity index (χ0n) is 21.4. The molecule has 0 radical (unpaired) electrons. The Morgan fingerprint density at radius 2 is 1.71 bits per heavy atom. The molecule has 0 aromatic rings. The third kappa shape index (κ3) is 4.05. The van der Waals surface area contributed by atoms with Crippen molar-refractivity contribution in [2.75, 3.05) is 27.7 Å². The van der Waals surface area contributed by atoms with Gasteiger partial charge in [0.1, 0.15) is 6.10 Å². The first-order valence-electron chi connectivity index (χ1n) is 12.6. The molecule has 4 aliphatic rings. The van der Waals surface area contributed by atoms with Gasteiger partial charge in [-0.2, -0.15) is 0 Å². The summed E-state index contributed by atoms with van der Waals surface area (Å²) in [6, 6.07) is 0. The number of quaternary nitrogens is 1. The summed E-state index contributed by atoms with van der Waals surface area (Å²) < 4.78 is 6.56. The monoisotopic (exact) mass is 428 g/mol. The maximum absolute atomic E-state index is 12.4. The van der Waals surface area contributed by atoms with Crippen LogP contribution in [0.1, 0.15) is 79.6 Å². The minimum Gasteiger partial charge on any atom is -0.458 e. The number of carbonyl (C=O) groups excluding carboxylic acids is 1. The number of likely N-dealkylation sites (N-methyl/N-ethyl adjacent to an activating group) is 1. The fraction of sp³-hybridized carbons (Fsp3) is 0.821. The maximum Gasteiger partial charge on any atom is 0.362 e. The summed E-state index contributed by atoms with van der Waals surface area (Å²) in [7, 11) is 6.13. The number of esters is 1. The summed E-state index contributed by atoms with van der Waals surface area (Å²) >= 11 is 0. The van der Waals surface area contributed by atoms with E-state index in [0.29, 0.717) is 21.9 Å². The quantitative estimate of drug-likeness (QED) is 0.306. The lowest BCUT2D eigenvalue weighted by atomic mass is 9.46. The SMILES string of the molecule is CC(C)(C)C1=CCC2C3CC=C4C[C@@H](OC(=O)C[N+](C)(C)C)CC[C@]4(C)C3CC[C@]12C. The van der Waals surface area contributed by atoms with Crippen molar-refractivity contribution in [2.24, 2.45) is 34.0 Å². The average Bonchev–Trinajstić information content (AvgIpc) is 2.98. The zero-order valence-corrected chi connectivity index (χ0v) is 21.4. The molecule has 4 aliphatic carbocycles. The molecule has 0 aromatic carbocycles. The molecule has 0 heterocycles. The highest BCUT2D eigenvalue weighted by atomic mass is 16.5. The van der Waals surface area contributed by atoms with Crippen molar-refractivity contribution >= 4 is 5.97 Å². The van der Waals surface area contributed by atoms with Gasteiger partial charge in [-0.15, -0.1) is 0 Å². The lowest BCUT2D eigenvalue weighted by Crippen LogP contribution is -2.51. The Balaban J connectivity index is 1.49. The van der Waals surface area contributed by atoms with Crippen LogP contribution in [0.2, 0.25) is 0 Å². The van der Waals surface area contributed by atoms with Crippen LogP contribution in [0, 0.1) is 34.0 Å². The second kappa shape index (κ2) is 7.47. The molecule has 0 aliphatic heterocycles. The van der Waals surface area contributed by atoms with Crippen LogP contribution in [0.3, 0.4) is 0 Å². The van der Waals surface area contributed by atoms with Crippen molar-refractivity contribution < 1.29 is 14.0 Å². The van der Waals surface area contributed by atoms with Gasteiger partial charge >= 0.3 is 5.97 Å². The van der Waals surface area contributed by atoms with Gasteiger partial charge in [-0.05, 0) is 72.5 Å². The molecule has 0 bridgehead atoms. The van der Waals surface area contributed by atoms with Crippen LogP contribution in [0.15, 0.2) is 23.3 Å². The fourth-order valence-electron chi connectivity index (χ4n) is 8.07. The molecule has 2 fully saturated rings. The molecule has 4 rings (SSSR count). The summed E-state index contributed by atoms with van der Waals surface area (Å²) in [6.07, 6.45) is 13.6. The third-order valence-electron chi connectivity index (χ3n) is 9.35. The molecule has 31 heavy (non-hydrogen) atoms. The Hall–Kier alpha value is -1.09. The van der Waals surface area contributed by atoms with E-state index in [0.717, 1.165) is 30.6 Å². The highest BCUT2D eigenvalue weighted by Gasteiger charge is 2.57. The summed E-state index contributed by atoms with van der Waals surface area (Å²) in [4.78, 5) is 12.4. The summed E-state index contributed by atoms with van der Waals surface area (Å²) in [5.41, 5.74) is 4.28. The van der Waals surface area contributed by atoms with Gasteiger partial charge in [-0.1, -0.05) is 57.9 Å². The maximum atomic E-state index is 12.4. The molecule has 3 heteroatoms. The van der Waals surface area contributed by atoms with Crippen molar-refractivity contribution in [3.8, 4) is 0 Å². The number of hydrogen-bond donors (Lipinski definition) is 0. The van der Waals surface area contributed by atoms with E-state index < -0.39 is 0 Å². The summed E-state index contributed by atoms with van der Waals surface area (Å²) in [6.45, 7) is 12.8. The zero-order chi connectivity index (χ0) is 22.8. The van der Waals surface area contributed by atoms with Crippen molar-refractivity contribution in [3.63, 3.8) is 0 Å². The molecule has 174 valence electrons. The number of rotatable bonds is 3. The van der Waals surface area contributed by atoms with Crippen molar-refractivity contribution in [3.05, 3.63) is 23.3 Å². The number of fused-ring (bicyclic) bond motifs is 5. The topological polar surface area (TPSA) is 26.3 Å². The van der Waals surface area contributed by atoms with E-state index in [4.69, 9.17) is 4.74 Å². The minimum atomic E-state index is -0.0458. The summed E-state index contributed by atoms with van der Waals surface area (Å²) in [5, 5.41) is 0. The Labute approximate surface area is 190 Å². The second-order valence-electron chi connectivity index (χ2n) is 13.6. The van der Waals surface area contributed by atoms with Gasteiger partial charge in [0.25, 0.3) is 0 Å². The van der Waals surface area contributed by atoms with Crippen LogP contribution in [0.5, 0.6) is 0 Å². The minimum absolute atomic E-state index is 0.0458. The lowest BCUT2D eigenvalue weighted by Gasteiger charge is -2.58. The Bertz CT molecular complexity index is 795. The van der Waals surface area contributed by atoms with E-state index in [1.165, 1.54) is 32.1 Å². The molecule has 0 saturated heterocycles. The number of allylic oxidation sites excluding steroid dienone is 3. The molecule has 0 N–H and O–H groups in total. The molecular weight excluding hydrogens is 382 g/mol. The number of carbonyl (C=O) groups is 1. The number of hydrogen-bond acceptors (Lipinski definition) is 2. The Morgan fingerprint density at radius 3 is 2.35 bits per heavy atom. The summed E-state index contributed by atoms with van der Waals surface area (Å²) in [5.74, 6) is 2.35. The first kappa shape index (κ1) is 23.1. The first-order valence-corrected chi connectivity index (χ1v) is 12.6. The molecule has 0 spiro atoms. The largest absolute Gasteiger partial charge is 0.458 e. The molecule has 6 atom stereocenters. The van der Waals surface area contributed by atoms with Gasteiger partial charge in [-0.3, -0.25) is 0 Å². The van der Waals surface area contributed by atoms with Crippen LogP contribution in [0.4, 0.5) is 0 Å². The molecule has 0 aromatic heterocycles. The van der Waals surface area contributed by atoms with E-state index in [1.807, 2.05) is 21.1 Å². The van der Waals surface area contributed by atoms with E-state index >= 15 is 0 Å². The van der Waals surface area contributed by atoms with Gasteiger partial charge in [0, 0.05) is 6.42 Å². The van der Waals surface area contributed by atoms with Gasteiger partial charge < -0.3 is 9.22 Å². The van der Waals surface area contributed by atoms with Gasteiger partial charge in [0.15, 0.2) is 6.54 Å². The van der Waals surface area contributed by atoms with Crippen LogP contribution in [0.25, 0.3) is 0 Å². The van der Waals surface area contributed by atoms with Crippen LogP contribution in [-0.4, -0.2) is 44.2 Å². The molecule has 3 nitrogen and oxygen atoms in total. The predicted octanol–water partition coefficient (Wildman–Crippen LogP) is 6.15. The highest BCUT2D eigenvalue weighted by Crippen LogP contribution is 2.66. The van der Waals surface area contributed by atoms with E-state index in [-0.39, 0.29) is 17.5 Å². The van der Waals surface area contributed by atoms with Gasteiger partial charge in [0.2, 0.25) is 0 Å². The van der Waals surface area contributed by atoms with Crippen LogP contribution in [-0.2, 0) is 9.53 Å². The normalized spacial score (nSPS) is 40.3. The molecule has 0 amide bonds. The van der Waals surface area contributed by atoms with E-state index in [2.05, 4.69) is 46.8 Å². The highest BCUT2D eigenvalue weighted by molar-refractivity contribution is 5.70. The number of nitrogens with zero attached hydrogens (tertiary/aromatic N) is 1. The third-order valence-corrected chi connectivity index (χ3v) is 9.35. The molecular formula is C28H46NO2+. The van der Waals surface area contributed by atoms with Crippen LogP contribution < -0.4 is 0 Å². The van der Waals surface area contributed by atoms with Crippen LogP contribution >= 0.6 is 0 Å². The van der Waals surface area contributed by atoms with Gasteiger partial charge in [0.05, 0.1) is 21.1 Å². The fourth-order valence-corrected chi connectivity index (χ4v) is 8.07. The smallest absolute Gasteiger partial charge is 0.362 e. The van der Waals surface area contributed by atoms with Gasteiger partial charge in [-0.25, -0.2) is 4.79 Å². The second-order valence-corrected chi connectivity index (χ2v) is 13.6. The van der Waals surface area contributed by atoms with Crippen molar-refractivity contribution in [1.29, 1.82) is 0 Å². The molecule has 2 saturated carbocycles.